The summed E-state index contributed by atoms with van der Waals surface area (Å²) in [6, 6.07) is 13.1. The van der Waals surface area contributed by atoms with Crippen molar-refractivity contribution < 1.29 is 20.1 Å². The van der Waals surface area contributed by atoms with Crippen molar-refractivity contribution in [2.75, 3.05) is 0 Å². The molecule has 0 radical (unpaired) electrons. The van der Waals surface area contributed by atoms with Crippen LogP contribution in [-0.4, -0.2) is 27.4 Å². The minimum Gasteiger partial charge on any atom is -0.508 e. The molecule has 0 amide bonds. The predicted octanol–water partition coefficient (Wildman–Crippen LogP) is 4.70. The molecule has 4 nitrogen and oxygen atoms in total. The quantitative estimate of drug-likeness (QED) is 0.692. The Hall–Kier alpha value is -2.33. The third-order valence-corrected chi connectivity index (χ3v) is 8.27. The van der Waals surface area contributed by atoms with Gasteiger partial charge in [0.15, 0.2) is 0 Å². The van der Waals surface area contributed by atoms with Gasteiger partial charge in [-0.05, 0) is 96.1 Å². The molecule has 0 bridgehead atoms. The number of carbonyl (C=O) groups is 1. The summed E-state index contributed by atoms with van der Waals surface area (Å²) in [6.45, 7) is 2.22. The average molecular weight is 392 g/mol. The van der Waals surface area contributed by atoms with Gasteiger partial charge in [-0.2, -0.15) is 0 Å². The second-order valence-electron chi connectivity index (χ2n) is 9.51. The number of phenols is 1. The van der Waals surface area contributed by atoms with Crippen molar-refractivity contribution in [1.29, 1.82) is 0 Å². The first-order valence-electron chi connectivity index (χ1n) is 10.7. The molecule has 0 heterocycles. The molecule has 3 aliphatic rings. The fourth-order valence-electron chi connectivity index (χ4n) is 6.98. The van der Waals surface area contributed by atoms with Crippen LogP contribution in [0, 0.1) is 17.3 Å². The lowest BCUT2D eigenvalue weighted by Gasteiger charge is -2.51. The molecule has 3 aliphatic carbocycles. The number of rotatable bonds is 2. The van der Waals surface area contributed by atoms with Gasteiger partial charge in [-0.25, -0.2) is 4.79 Å². The van der Waals surface area contributed by atoms with E-state index in [1.807, 2.05) is 18.2 Å². The zero-order chi connectivity index (χ0) is 20.3. The Morgan fingerprint density at radius 1 is 1.07 bits per heavy atom. The van der Waals surface area contributed by atoms with E-state index < -0.39 is 12.1 Å². The monoisotopic (exact) mass is 392 g/mol. The number of aliphatic hydroxyl groups excluding tert-OH is 1. The fraction of sp³-hybridized carbons (Fsp3) is 0.480. The molecule has 1 unspecified atom stereocenters. The van der Waals surface area contributed by atoms with Crippen LogP contribution in [0.3, 0.4) is 0 Å². The van der Waals surface area contributed by atoms with Crippen LogP contribution in [0.1, 0.15) is 71.5 Å². The van der Waals surface area contributed by atoms with Gasteiger partial charge < -0.3 is 15.3 Å². The molecule has 0 spiro atoms. The van der Waals surface area contributed by atoms with Gasteiger partial charge in [-0.15, -0.1) is 0 Å². The Bertz CT molecular complexity index is 967. The Kier molecular flexibility index (Phi) is 4.25. The second-order valence-corrected chi connectivity index (χ2v) is 9.51. The average Bonchev–Trinajstić information content (AvgIpc) is 2.98. The lowest BCUT2D eigenvalue weighted by molar-refractivity contribution is -0.0252. The number of hydrogen-bond acceptors (Lipinski definition) is 3. The number of hydrogen-bond donors (Lipinski definition) is 3. The molecule has 4 heteroatoms. The maximum Gasteiger partial charge on any atom is 0.335 e. The summed E-state index contributed by atoms with van der Waals surface area (Å²) in [7, 11) is 0. The Balaban J connectivity index is 1.59. The van der Waals surface area contributed by atoms with Gasteiger partial charge in [0.1, 0.15) is 5.75 Å². The number of aromatic carboxylic acids is 1. The molecule has 2 aromatic rings. The highest BCUT2D eigenvalue weighted by molar-refractivity contribution is 5.89. The lowest BCUT2D eigenvalue weighted by Crippen LogP contribution is -2.45. The Morgan fingerprint density at radius 3 is 2.66 bits per heavy atom. The summed E-state index contributed by atoms with van der Waals surface area (Å²) in [5.74, 6) is 0.609. The molecule has 0 aliphatic heterocycles. The molecule has 0 aromatic heterocycles. The number of carboxylic acid groups (broad SMARTS) is 1. The highest BCUT2D eigenvalue weighted by atomic mass is 16.4. The first-order chi connectivity index (χ1) is 13.9. The molecule has 2 fully saturated rings. The Morgan fingerprint density at radius 2 is 1.86 bits per heavy atom. The van der Waals surface area contributed by atoms with E-state index in [2.05, 4.69) is 13.0 Å². The van der Waals surface area contributed by atoms with E-state index in [1.54, 1.807) is 18.2 Å². The fourth-order valence-corrected chi connectivity index (χ4v) is 6.98. The Labute approximate surface area is 171 Å². The normalized spacial score (nSPS) is 35.4. The number of aliphatic hydroxyl groups is 1. The first kappa shape index (κ1) is 18.7. The smallest absolute Gasteiger partial charge is 0.335 e. The third kappa shape index (κ3) is 2.72. The summed E-state index contributed by atoms with van der Waals surface area (Å²) in [4.78, 5) is 11.9. The number of aryl methyl sites for hydroxylation is 1. The number of carboxylic acids is 1. The standard InChI is InChI=1S/C25H28O4/c1-25-11-10-18-16-9-7-15(26)12-14(16)6-8-19(18)23(25)21(13-22(25)27)17-4-2-3-5-20(17)24(28)29/h2-5,7,9,12,18-19,21-23,26-27H,6,8,10-11,13H2,1H3,(H,28,29)/t18-,19-,21?,22+,23-,25-/m1/s1. The topological polar surface area (TPSA) is 77.8 Å². The third-order valence-electron chi connectivity index (χ3n) is 8.27. The highest BCUT2D eigenvalue weighted by Crippen LogP contribution is 2.65. The zero-order valence-corrected chi connectivity index (χ0v) is 16.7. The van der Waals surface area contributed by atoms with Crippen molar-refractivity contribution in [1.82, 2.24) is 0 Å². The van der Waals surface area contributed by atoms with Crippen LogP contribution in [-0.2, 0) is 6.42 Å². The maximum absolute atomic E-state index is 11.9. The molecule has 2 saturated carbocycles. The molecule has 3 N–H and O–H groups in total. The number of aromatic hydroxyl groups is 1. The molecular formula is C25H28O4. The van der Waals surface area contributed by atoms with Crippen LogP contribution in [0.4, 0.5) is 0 Å². The minimum atomic E-state index is -0.888. The van der Waals surface area contributed by atoms with Gasteiger partial charge >= 0.3 is 5.97 Å². The van der Waals surface area contributed by atoms with E-state index in [9.17, 15) is 20.1 Å². The van der Waals surface area contributed by atoms with Crippen molar-refractivity contribution >= 4 is 5.97 Å². The van der Waals surface area contributed by atoms with E-state index in [0.717, 1.165) is 31.2 Å². The van der Waals surface area contributed by atoms with Crippen LogP contribution in [0.25, 0.3) is 0 Å². The summed E-state index contributed by atoms with van der Waals surface area (Å²) in [5.41, 5.74) is 3.66. The van der Waals surface area contributed by atoms with E-state index in [0.29, 0.717) is 29.6 Å². The lowest BCUT2D eigenvalue weighted by atomic mass is 9.53. The maximum atomic E-state index is 11.9. The van der Waals surface area contributed by atoms with Gasteiger partial charge in [-0.1, -0.05) is 31.2 Å². The van der Waals surface area contributed by atoms with Crippen molar-refractivity contribution in [3.05, 3.63) is 64.7 Å². The summed E-state index contributed by atoms with van der Waals surface area (Å²) in [5, 5.41) is 30.7. The van der Waals surface area contributed by atoms with Gasteiger partial charge in [0.25, 0.3) is 0 Å². The first-order valence-corrected chi connectivity index (χ1v) is 10.7. The van der Waals surface area contributed by atoms with Crippen LogP contribution >= 0.6 is 0 Å². The van der Waals surface area contributed by atoms with E-state index in [-0.39, 0.29) is 17.3 Å². The zero-order valence-electron chi connectivity index (χ0n) is 16.7. The predicted molar refractivity (Wildman–Crippen MR) is 110 cm³/mol. The van der Waals surface area contributed by atoms with Crippen molar-refractivity contribution in [3.63, 3.8) is 0 Å². The van der Waals surface area contributed by atoms with Crippen LogP contribution < -0.4 is 0 Å². The molecule has 6 atom stereocenters. The molecule has 5 rings (SSSR count). The summed E-state index contributed by atoms with van der Waals surface area (Å²) < 4.78 is 0. The van der Waals surface area contributed by atoms with Crippen LogP contribution in [0.2, 0.25) is 0 Å². The molecule has 152 valence electrons. The van der Waals surface area contributed by atoms with Crippen molar-refractivity contribution in [2.45, 2.75) is 57.0 Å². The van der Waals surface area contributed by atoms with Gasteiger partial charge in [0.05, 0.1) is 11.7 Å². The highest BCUT2D eigenvalue weighted by Gasteiger charge is 2.59. The van der Waals surface area contributed by atoms with Gasteiger partial charge in [0, 0.05) is 0 Å². The van der Waals surface area contributed by atoms with E-state index in [1.165, 1.54) is 11.1 Å². The molecule has 29 heavy (non-hydrogen) atoms. The van der Waals surface area contributed by atoms with Gasteiger partial charge in [0.2, 0.25) is 0 Å². The number of benzene rings is 2. The molecule has 0 saturated heterocycles. The van der Waals surface area contributed by atoms with Crippen LogP contribution in [0.15, 0.2) is 42.5 Å². The number of fused-ring (bicyclic) bond motifs is 5. The molecular weight excluding hydrogens is 364 g/mol. The number of phenolic OH excluding ortho intramolecular Hbond substituents is 1. The van der Waals surface area contributed by atoms with Crippen molar-refractivity contribution in [3.8, 4) is 5.75 Å². The van der Waals surface area contributed by atoms with Gasteiger partial charge in [-0.3, -0.25) is 0 Å². The van der Waals surface area contributed by atoms with Crippen molar-refractivity contribution in [2.24, 2.45) is 17.3 Å². The summed E-state index contributed by atoms with van der Waals surface area (Å²) >= 11 is 0. The molecule has 2 aromatic carbocycles. The minimum absolute atomic E-state index is 0.0637. The van der Waals surface area contributed by atoms with E-state index in [4.69, 9.17) is 0 Å². The van der Waals surface area contributed by atoms with Crippen LogP contribution in [0.5, 0.6) is 5.75 Å². The largest absolute Gasteiger partial charge is 0.508 e. The SMILES string of the molecule is C[C@]12CC[C@@H]3c4ccc(O)cc4CC[C@H]3[C@@H]1C(c1ccccc1C(=O)O)C[C@@H]2O. The van der Waals surface area contributed by atoms with E-state index >= 15 is 0 Å². The second kappa shape index (κ2) is 6.60. The summed E-state index contributed by atoms with van der Waals surface area (Å²) in [6.07, 6.45) is 4.19.